The molecule has 0 amide bonds. The predicted molar refractivity (Wildman–Crippen MR) is 103 cm³/mol. The Bertz CT molecular complexity index is 1130. The number of esters is 1. The molecule has 7 nitrogen and oxygen atoms in total. The van der Waals surface area contributed by atoms with E-state index in [1.807, 2.05) is 35.9 Å². The number of hydrogen-bond donors (Lipinski definition) is 0. The van der Waals surface area contributed by atoms with Gasteiger partial charge >= 0.3 is 5.97 Å². The Morgan fingerprint density at radius 1 is 1.18 bits per heavy atom. The van der Waals surface area contributed by atoms with Crippen LogP contribution < -0.4 is 0 Å². The van der Waals surface area contributed by atoms with Gasteiger partial charge in [0.2, 0.25) is 10.0 Å². The molecule has 3 heterocycles. The van der Waals surface area contributed by atoms with E-state index in [0.29, 0.717) is 18.8 Å². The summed E-state index contributed by atoms with van der Waals surface area (Å²) in [7, 11) is -3.57. The summed E-state index contributed by atoms with van der Waals surface area (Å²) >= 11 is 0. The number of benzene rings is 1. The van der Waals surface area contributed by atoms with E-state index in [1.165, 1.54) is 16.4 Å². The molecule has 28 heavy (non-hydrogen) atoms. The normalized spacial score (nSPS) is 15.2. The summed E-state index contributed by atoms with van der Waals surface area (Å²) in [6.07, 6.45) is 5.41. The Balaban J connectivity index is 1.49. The molecule has 0 N–H and O–H groups in total. The van der Waals surface area contributed by atoms with Crippen molar-refractivity contribution in [3.8, 4) is 0 Å². The first-order chi connectivity index (χ1) is 13.4. The molecule has 8 heteroatoms. The van der Waals surface area contributed by atoms with E-state index in [-0.39, 0.29) is 17.1 Å². The number of aryl methyl sites for hydroxylation is 1. The number of imidazole rings is 1. The molecule has 0 radical (unpaired) electrons. The van der Waals surface area contributed by atoms with E-state index < -0.39 is 16.0 Å². The van der Waals surface area contributed by atoms with Crippen molar-refractivity contribution < 1.29 is 17.9 Å². The molecule has 1 aromatic carbocycles. The number of nitrogens with zero attached hydrogens (tertiary/aromatic N) is 3. The third kappa shape index (κ3) is 3.53. The van der Waals surface area contributed by atoms with Crippen molar-refractivity contribution in [3.63, 3.8) is 0 Å². The van der Waals surface area contributed by atoms with Gasteiger partial charge in [0.15, 0.2) is 0 Å². The number of carbonyl (C=O) groups excluding carboxylic acids is 1. The molecule has 0 unspecified atom stereocenters. The minimum atomic E-state index is -3.57. The van der Waals surface area contributed by atoms with Crippen molar-refractivity contribution in [2.45, 2.75) is 31.3 Å². The molecule has 3 aromatic rings. The Hall–Kier alpha value is -2.71. The lowest BCUT2D eigenvalue weighted by Gasteiger charge is -2.15. The molecule has 0 saturated carbocycles. The molecular weight excluding hydrogens is 378 g/mol. The van der Waals surface area contributed by atoms with E-state index in [9.17, 15) is 13.2 Å². The molecule has 1 fully saturated rings. The van der Waals surface area contributed by atoms with Gasteiger partial charge in [-0.1, -0.05) is 12.1 Å². The minimum absolute atomic E-state index is 0.0169. The highest BCUT2D eigenvalue weighted by Gasteiger charge is 2.27. The average Bonchev–Trinajstić information content (AvgIpc) is 3.37. The molecule has 0 atom stereocenters. The summed E-state index contributed by atoms with van der Waals surface area (Å²) < 4.78 is 34.0. The summed E-state index contributed by atoms with van der Waals surface area (Å²) in [4.78, 5) is 17.0. The number of fused-ring (bicyclic) bond motifs is 1. The number of sulfonamides is 1. The first-order valence-corrected chi connectivity index (χ1v) is 10.6. The monoisotopic (exact) mass is 399 g/mol. The predicted octanol–water partition coefficient (Wildman–Crippen LogP) is 2.78. The van der Waals surface area contributed by atoms with Crippen LogP contribution in [0, 0.1) is 6.92 Å². The molecule has 0 bridgehead atoms. The zero-order valence-electron chi connectivity index (χ0n) is 15.5. The van der Waals surface area contributed by atoms with Crippen molar-refractivity contribution >= 4 is 21.6 Å². The average molecular weight is 399 g/mol. The quantitative estimate of drug-likeness (QED) is 0.616. The van der Waals surface area contributed by atoms with Gasteiger partial charge in [0, 0.05) is 25.5 Å². The second kappa shape index (κ2) is 7.37. The molecule has 0 spiro atoms. The van der Waals surface area contributed by atoms with Gasteiger partial charge in [0.05, 0.1) is 16.2 Å². The minimum Gasteiger partial charge on any atom is -0.456 e. The van der Waals surface area contributed by atoms with Crippen molar-refractivity contribution in [1.82, 2.24) is 13.7 Å². The summed E-state index contributed by atoms with van der Waals surface area (Å²) in [5.41, 5.74) is 2.68. The topological polar surface area (TPSA) is 81.0 Å². The van der Waals surface area contributed by atoms with Crippen molar-refractivity contribution in [1.29, 1.82) is 0 Å². The standard InChI is InChI=1S/C20H21N3O4S/c1-15-6-5-9-22-13-17(21-19(15)22)14-27-20(24)16-7-4-8-18(12-16)28(25,26)23-10-2-3-11-23/h4-9,12-13H,2-3,10-11,14H2,1H3. The highest BCUT2D eigenvalue weighted by molar-refractivity contribution is 7.89. The van der Waals surface area contributed by atoms with Gasteiger partial charge in [-0.3, -0.25) is 0 Å². The summed E-state index contributed by atoms with van der Waals surface area (Å²) in [6.45, 7) is 3.02. The van der Waals surface area contributed by atoms with E-state index in [2.05, 4.69) is 4.98 Å². The third-order valence-corrected chi connectivity index (χ3v) is 6.75. The fraction of sp³-hybridized carbons (Fsp3) is 0.300. The smallest absolute Gasteiger partial charge is 0.338 e. The van der Waals surface area contributed by atoms with Gasteiger partial charge in [-0.15, -0.1) is 0 Å². The van der Waals surface area contributed by atoms with Crippen molar-refractivity contribution in [2.75, 3.05) is 13.1 Å². The number of aromatic nitrogens is 2. The second-order valence-corrected chi connectivity index (χ2v) is 8.81. The van der Waals surface area contributed by atoms with Crippen LogP contribution in [-0.2, 0) is 21.4 Å². The van der Waals surface area contributed by atoms with Crippen molar-refractivity contribution in [3.05, 3.63) is 65.6 Å². The van der Waals surface area contributed by atoms with Gasteiger partial charge in [-0.2, -0.15) is 4.31 Å². The lowest BCUT2D eigenvalue weighted by molar-refractivity contribution is 0.0468. The van der Waals surface area contributed by atoms with Crippen LogP contribution in [-0.4, -0.2) is 41.2 Å². The maximum absolute atomic E-state index is 12.7. The number of hydrogen-bond acceptors (Lipinski definition) is 5. The van der Waals surface area contributed by atoms with Gasteiger partial charge in [-0.05, 0) is 49.6 Å². The summed E-state index contributed by atoms with van der Waals surface area (Å²) in [6, 6.07) is 9.89. The number of ether oxygens (including phenoxy) is 1. The second-order valence-electron chi connectivity index (χ2n) is 6.87. The van der Waals surface area contributed by atoms with Crippen LogP contribution in [0.3, 0.4) is 0 Å². The van der Waals surface area contributed by atoms with Gasteiger partial charge in [-0.25, -0.2) is 18.2 Å². The maximum Gasteiger partial charge on any atom is 0.338 e. The Morgan fingerprint density at radius 2 is 1.96 bits per heavy atom. The molecular formula is C20H21N3O4S. The first kappa shape index (κ1) is 18.6. The molecule has 2 aromatic heterocycles. The SMILES string of the molecule is Cc1cccn2cc(COC(=O)c3cccc(S(=O)(=O)N4CCCC4)c3)nc12. The lowest BCUT2D eigenvalue weighted by atomic mass is 10.2. The highest BCUT2D eigenvalue weighted by Crippen LogP contribution is 2.22. The van der Waals surface area contributed by atoms with Crippen LogP contribution in [0.2, 0.25) is 0 Å². The maximum atomic E-state index is 12.7. The largest absolute Gasteiger partial charge is 0.456 e. The van der Waals surface area contributed by atoms with Crippen LogP contribution in [0.4, 0.5) is 0 Å². The van der Waals surface area contributed by atoms with E-state index in [0.717, 1.165) is 24.1 Å². The van der Waals surface area contributed by atoms with E-state index in [4.69, 9.17) is 4.74 Å². The fourth-order valence-corrected chi connectivity index (χ4v) is 4.92. The van der Waals surface area contributed by atoms with Gasteiger partial charge in [0.1, 0.15) is 12.3 Å². The summed E-state index contributed by atoms with van der Waals surface area (Å²) in [5, 5.41) is 0. The highest BCUT2D eigenvalue weighted by atomic mass is 32.2. The Labute approximate surface area is 163 Å². The van der Waals surface area contributed by atoms with Crippen LogP contribution in [0.25, 0.3) is 5.65 Å². The third-order valence-electron chi connectivity index (χ3n) is 4.85. The Kier molecular flexibility index (Phi) is 4.91. The van der Waals surface area contributed by atoms with Crippen LogP contribution in [0.15, 0.2) is 53.7 Å². The molecule has 0 aliphatic carbocycles. The zero-order chi connectivity index (χ0) is 19.7. The van der Waals surface area contributed by atoms with E-state index >= 15 is 0 Å². The first-order valence-electron chi connectivity index (χ1n) is 9.16. The van der Waals surface area contributed by atoms with Crippen LogP contribution >= 0.6 is 0 Å². The Morgan fingerprint density at radius 3 is 2.71 bits per heavy atom. The number of carbonyl (C=O) groups is 1. The zero-order valence-corrected chi connectivity index (χ0v) is 16.4. The lowest BCUT2D eigenvalue weighted by Crippen LogP contribution is -2.28. The molecule has 4 rings (SSSR count). The van der Waals surface area contributed by atoms with Gasteiger partial charge in [0.25, 0.3) is 0 Å². The number of pyridine rings is 1. The fourth-order valence-electron chi connectivity index (χ4n) is 3.36. The summed E-state index contributed by atoms with van der Waals surface area (Å²) in [5.74, 6) is -0.577. The molecule has 1 aliphatic heterocycles. The van der Waals surface area contributed by atoms with Gasteiger partial charge < -0.3 is 9.14 Å². The van der Waals surface area contributed by atoms with E-state index in [1.54, 1.807) is 12.1 Å². The molecule has 1 saturated heterocycles. The number of rotatable bonds is 5. The molecule has 1 aliphatic rings. The van der Waals surface area contributed by atoms with Crippen molar-refractivity contribution in [2.24, 2.45) is 0 Å². The van der Waals surface area contributed by atoms with Crippen LogP contribution in [0.1, 0.15) is 34.5 Å². The molecule has 146 valence electrons. The van der Waals surface area contributed by atoms with Crippen LogP contribution in [0.5, 0.6) is 0 Å².